The lowest BCUT2D eigenvalue weighted by Gasteiger charge is -2.20. The third-order valence-corrected chi connectivity index (χ3v) is 6.70. The summed E-state index contributed by atoms with van der Waals surface area (Å²) in [5.41, 5.74) is 0. The van der Waals surface area contributed by atoms with Gasteiger partial charge < -0.3 is 10.2 Å². The molecule has 0 saturated carbocycles. The molecule has 0 bridgehead atoms. The van der Waals surface area contributed by atoms with E-state index >= 15 is 0 Å². The van der Waals surface area contributed by atoms with E-state index in [-0.39, 0.29) is 0 Å². The average molecular weight is 384 g/mol. The van der Waals surface area contributed by atoms with Crippen LogP contribution in [0.25, 0.3) is 0 Å². The zero-order valence-corrected chi connectivity index (χ0v) is 15.5. The summed E-state index contributed by atoms with van der Waals surface area (Å²) in [5, 5.41) is 3.01. The highest BCUT2D eigenvalue weighted by Gasteiger charge is 2.20. The van der Waals surface area contributed by atoms with Gasteiger partial charge in [-0.3, -0.25) is 0 Å². The molecule has 1 aromatic heterocycles. The van der Waals surface area contributed by atoms with Crippen molar-refractivity contribution in [2.75, 3.05) is 27.2 Å². The third kappa shape index (κ3) is 5.09. The summed E-state index contributed by atoms with van der Waals surface area (Å²) in [6, 6.07) is 2.11. The minimum Gasteiger partial charge on any atom is -0.315 e. The Balaban J connectivity index is 2.69. The van der Waals surface area contributed by atoms with Gasteiger partial charge in [0.2, 0.25) is 10.0 Å². The predicted octanol–water partition coefficient (Wildman–Crippen LogP) is 1.85. The number of sulfonamides is 1. The maximum atomic E-state index is 12.2. The fraction of sp³-hybridized carbons (Fsp3) is 0.667. The molecule has 0 aliphatic rings. The first-order valence-corrected chi connectivity index (χ1v) is 9.50. The Morgan fingerprint density at radius 3 is 2.65 bits per heavy atom. The maximum absolute atomic E-state index is 12.2. The van der Waals surface area contributed by atoms with Crippen LogP contribution < -0.4 is 10.0 Å². The average Bonchev–Trinajstić information content (AvgIpc) is 2.71. The van der Waals surface area contributed by atoms with Gasteiger partial charge in [-0.25, -0.2) is 13.1 Å². The van der Waals surface area contributed by atoms with Crippen LogP contribution in [0, 0.1) is 0 Å². The minimum absolute atomic E-state index is 0.319. The van der Waals surface area contributed by atoms with E-state index in [2.05, 4.69) is 44.7 Å². The number of nitrogens with zero attached hydrogens (tertiary/aromatic N) is 1. The lowest BCUT2D eigenvalue weighted by Crippen LogP contribution is -2.36. The molecule has 0 atom stereocenters. The van der Waals surface area contributed by atoms with Crippen molar-refractivity contribution in [1.82, 2.24) is 14.9 Å². The first kappa shape index (κ1) is 18.1. The molecule has 0 aromatic carbocycles. The maximum Gasteiger partial charge on any atom is 0.242 e. The molecule has 0 radical (unpaired) electrons. The second-order valence-electron chi connectivity index (χ2n) is 4.85. The molecule has 0 saturated heterocycles. The summed E-state index contributed by atoms with van der Waals surface area (Å²) in [4.78, 5) is 3.40. The molecule has 1 heterocycles. The van der Waals surface area contributed by atoms with Gasteiger partial charge in [0.1, 0.15) is 4.90 Å². The van der Waals surface area contributed by atoms with E-state index in [0.29, 0.717) is 34.4 Å². The van der Waals surface area contributed by atoms with Crippen molar-refractivity contribution >= 4 is 37.3 Å². The number of thiophene rings is 1. The number of rotatable bonds is 8. The van der Waals surface area contributed by atoms with Crippen LogP contribution in [-0.4, -0.2) is 46.5 Å². The summed E-state index contributed by atoms with van der Waals surface area (Å²) in [6.45, 7) is 5.90. The first-order valence-electron chi connectivity index (χ1n) is 6.40. The highest BCUT2D eigenvalue weighted by molar-refractivity contribution is 9.11. The Morgan fingerprint density at radius 2 is 2.10 bits per heavy atom. The smallest absolute Gasteiger partial charge is 0.242 e. The molecular weight excluding hydrogens is 362 g/mol. The summed E-state index contributed by atoms with van der Waals surface area (Å²) in [5.74, 6) is 0. The SMILES string of the molecule is CNCc1cc(S(=O)(=O)NCCN(C)C(C)C)c(Br)s1. The quantitative estimate of drug-likeness (QED) is 0.718. The zero-order valence-electron chi connectivity index (χ0n) is 12.2. The number of hydrogen-bond acceptors (Lipinski definition) is 5. The molecule has 20 heavy (non-hydrogen) atoms. The standard InChI is InChI=1S/C12H22BrN3O2S2/c1-9(2)16(4)6-5-15-20(17,18)11-7-10(8-14-3)19-12(11)13/h7,9,14-15H,5-6,8H2,1-4H3. The number of halogens is 1. The van der Waals surface area contributed by atoms with Gasteiger partial charge in [0.25, 0.3) is 0 Å². The Hall–Kier alpha value is 0.01000. The molecule has 0 aliphatic carbocycles. The van der Waals surface area contributed by atoms with Gasteiger partial charge in [0.05, 0.1) is 3.79 Å². The van der Waals surface area contributed by atoms with Crippen molar-refractivity contribution in [3.8, 4) is 0 Å². The van der Waals surface area contributed by atoms with E-state index < -0.39 is 10.0 Å². The second-order valence-corrected chi connectivity index (χ2v) is 9.04. The van der Waals surface area contributed by atoms with Gasteiger partial charge in [0.15, 0.2) is 0 Å². The highest BCUT2D eigenvalue weighted by Crippen LogP contribution is 2.31. The van der Waals surface area contributed by atoms with E-state index in [1.54, 1.807) is 6.07 Å². The third-order valence-electron chi connectivity index (χ3n) is 2.99. The van der Waals surface area contributed by atoms with Crippen molar-refractivity contribution in [1.29, 1.82) is 0 Å². The topological polar surface area (TPSA) is 61.4 Å². The van der Waals surface area contributed by atoms with Crippen LogP contribution in [0.15, 0.2) is 14.7 Å². The van der Waals surface area contributed by atoms with Crippen LogP contribution in [0.2, 0.25) is 0 Å². The predicted molar refractivity (Wildman–Crippen MR) is 87.7 cm³/mol. The lowest BCUT2D eigenvalue weighted by atomic mass is 10.3. The van der Waals surface area contributed by atoms with Gasteiger partial charge in [-0.2, -0.15) is 0 Å². The number of nitrogens with one attached hydrogen (secondary N) is 2. The molecule has 1 rings (SSSR count). The minimum atomic E-state index is -3.45. The summed E-state index contributed by atoms with van der Waals surface area (Å²) in [6.07, 6.45) is 0. The Morgan fingerprint density at radius 1 is 1.45 bits per heavy atom. The van der Waals surface area contributed by atoms with E-state index in [1.165, 1.54) is 11.3 Å². The van der Waals surface area contributed by atoms with Gasteiger partial charge in [-0.1, -0.05) is 0 Å². The Kier molecular flexibility index (Phi) is 7.10. The molecule has 0 spiro atoms. The van der Waals surface area contributed by atoms with E-state index in [1.807, 2.05) is 14.1 Å². The van der Waals surface area contributed by atoms with Gasteiger partial charge in [-0.15, -0.1) is 11.3 Å². The van der Waals surface area contributed by atoms with Crippen molar-refractivity contribution in [2.45, 2.75) is 31.3 Å². The van der Waals surface area contributed by atoms with E-state index in [9.17, 15) is 8.42 Å². The van der Waals surface area contributed by atoms with Crippen molar-refractivity contribution in [3.05, 3.63) is 14.7 Å². The molecule has 8 heteroatoms. The summed E-state index contributed by atoms with van der Waals surface area (Å²) in [7, 11) is 0.361. The number of likely N-dealkylation sites (N-methyl/N-ethyl adjacent to an activating group) is 1. The summed E-state index contributed by atoms with van der Waals surface area (Å²) >= 11 is 4.76. The van der Waals surface area contributed by atoms with Crippen LogP contribution in [0.1, 0.15) is 18.7 Å². The molecule has 0 unspecified atom stereocenters. The fourth-order valence-corrected chi connectivity index (χ4v) is 5.25. The molecule has 2 N–H and O–H groups in total. The normalized spacial score (nSPS) is 12.6. The number of hydrogen-bond donors (Lipinski definition) is 2. The van der Waals surface area contributed by atoms with Crippen molar-refractivity contribution < 1.29 is 8.42 Å². The Labute approximate surface area is 133 Å². The lowest BCUT2D eigenvalue weighted by molar-refractivity contribution is 0.278. The monoisotopic (exact) mass is 383 g/mol. The zero-order chi connectivity index (χ0) is 15.3. The van der Waals surface area contributed by atoms with E-state index in [4.69, 9.17) is 0 Å². The molecule has 5 nitrogen and oxygen atoms in total. The molecule has 0 fully saturated rings. The van der Waals surface area contributed by atoms with Gasteiger partial charge in [0, 0.05) is 30.6 Å². The first-order chi connectivity index (χ1) is 9.27. The molecule has 0 amide bonds. The molecular formula is C12H22BrN3O2S2. The summed E-state index contributed by atoms with van der Waals surface area (Å²) < 4.78 is 27.8. The van der Waals surface area contributed by atoms with Crippen LogP contribution in [-0.2, 0) is 16.6 Å². The Bertz CT molecular complexity index is 529. The molecule has 116 valence electrons. The molecule has 1 aromatic rings. The van der Waals surface area contributed by atoms with E-state index in [0.717, 1.165) is 4.88 Å². The van der Waals surface area contributed by atoms with Crippen LogP contribution >= 0.6 is 27.3 Å². The molecule has 0 aliphatic heterocycles. The van der Waals surface area contributed by atoms with Crippen LogP contribution in [0.4, 0.5) is 0 Å². The highest BCUT2D eigenvalue weighted by atomic mass is 79.9. The van der Waals surface area contributed by atoms with Crippen LogP contribution in [0.5, 0.6) is 0 Å². The fourth-order valence-electron chi connectivity index (χ4n) is 1.53. The van der Waals surface area contributed by atoms with Gasteiger partial charge in [-0.05, 0) is 49.9 Å². The van der Waals surface area contributed by atoms with Gasteiger partial charge >= 0.3 is 0 Å². The van der Waals surface area contributed by atoms with Crippen molar-refractivity contribution in [2.24, 2.45) is 0 Å². The van der Waals surface area contributed by atoms with Crippen molar-refractivity contribution in [3.63, 3.8) is 0 Å². The van der Waals surface area contributed by atoms with Crippen LogP contribution in [0.3, 0.4) is 0 Å². The second kappa shape index (κ2) is 7.86. The largest absolute Gasteiger partial charge is 0.315 e.